The number of nitrogens with one attached hydrogen (secondary N) is 1. The van der Waals surface area contributed by atoms with Crippen LogP contribution in [-0.4, -0.2) is 49.6 Å². The monoisotopic (exact) mass is 453 g/mol. The molecule has 1 amide bonds. The maximum absolute atomic E-state index is 12.9. The molecule has 2 aromatic rings. The molecule has 1 saturated heterocycles. The lowest BCUT2D eigenvalue weighted by Gasteiger charge is -2.33. The second-order valence-corrected chi connectivity index (χ2v) is 8.40. The van der Waals surface area contributed by atoms with Crippen molar-refractivity contribution in [1.82, 2.24) is 4.90 Å². The number of amides is 1. The van der Waals surface area contributed by atoms with Crippen molar-refractivity contribution in [3.05, 3.63) is 53.6 Å². The van der Waals surface area contributed by atoms with Crippen LogP contribution < -0.4 is 19.9 Å². The van der Waals surface area contributed by atoms with Gasteiger partial charge in [0, 0.05) is 23.7 Å². The molecule has 1 fully saturated rings. The molecule has 2 aromatic carbocycles. The van der Waals surface area contributed by atoms with E-state index in [2.05, 4.69) is 6.92 Å². The smallest absolute Gasteiger partial charge is 0.254 e. The summed E-state index contributed by atoms with van der Waals surface area (Å²) in [5, 5.41) is 7.41. The fourth-order valence-corrected chi connectivity index (χ4v) is 3.97. The number of rotatable bonds is 11. The van der Waals surface area contributed by atoms with Crippen LogP contribution in [0.2, 0.25) is 0 Å². The van der Waals surface area contributed by atoms with E-state index in [0.29, 0.717) is 35.8 Å². The number of benzene rings is 2. The minimum atomic E-state index is 0.0519. The number of amidine groups is 1. The summed E-state index contributed by atoms with van der Waals surface area (Å²) in [5.41, 5.74) is 6.78. The van der Waals surface area contributed by atoms with Crippen LogP contribution >= 0.6 is 0 Å². The molecule has 33 heavy (non-hydrogen) atoms. The largest absolute Gasteiger partial charge is 0.494 e. The standard InChI is InChI=1S/C26H35N3O4/c1-19-8-4-5-15-29(19)26(30)21-11-14-23(24(18-21)31-2)33-17-7-3-6-16-32-22-12-9-20(10-13-22)25(27)28/h9-14,18-19H,3-8,15-17H2,1-2H3,(H3,27,28). The van der Waals surface area contributed by atoms with Gasteiger partial charge >= 0.3 is 0 Å². The lowest BCUT2D eigenvalue weighted by atomic mass is 10.0. The zero-order chi connectivity index (χ0) is 23.6. The molecule has 0 bridgehead atoms. The van der Waals surface area contributed by atoms with Crippen molar-refractivity contribution >= 4 is 11.7 Å². The second-order valence-electron chi connectivity index (χ2n) is 8.40. The summed E-state index contributed by atoms with van der Waals surface area (Å²) in [7, 11) is 1.60. The summed E-state index contributed by atoms with van der Waals surface area (Å²) < 4.78 is 17.1. The molecule has 0 aliphatic carbocycles. The lowest BCUT2D eigenvalue weighted by Crippen LogP contribution is -2.42. The van der Waals surface area contributed by atoms with Crippen molar-refractivity contribution < 1.29 is 19.0 Å². The molecule has 7 nitrogen and oxygen atoms in total. The lowest BCUT2D eigenvalue weighted by molar-refractivity contribution is 0.0635. The number of carbonyl (C=O) groups is 1. The zero-order valence-electron chi connectivity index (χ0n) is 19.6. The van der Waals surface area contributed by atoms with E-state index in [1.54, 1.807) is 25.3 Å². The fraction of sp³-hybridized carbons (Fsp3) is 0.462. The van der Waals surface area contributed by atoms with E-state index in [0.717, 1.165) is 44.4 Å². The summed E-state index contributed by atoms with van der Waals surface area (Å²) >= 11 is 0. The molecule has 1 aliphatic rings. The number of hydrogen-bond donors (Lipinski definition) is 2. The van der Waals surface area contributed by atoms with Crippen LogP contribution in [-0.2, 0) is 0 Å². The van der Waals surface area contributed by atoms with Crippen LogP contribution in [0, 0.1) is 5.41 Å². The Morgan fingerprint density at radius 1 is 1.00 bits per heavy atom. The first-order valence-corrected chi connectivity index (χ1v) is 11.7. The van der Waals surface area contributed by atoms with Crippen molar-refractivity contribution in [2.24, 2.45) is 5.73 Å². The van der Waals surface area contributed by atoms with Crippen molar-refractivity contribution in [1.29, 1.82) is 5.41 Å². The maximum atomic E-state index is 12.9. The van der Waals surface area contributed by atoms with E-state index in [1.165, 1.54) is 6.42 Å². The Hall–Kier alpha value is -3.22. The zero-order valence-corrected chi connectivity index (χ0v) is 19.6. The molecule has 1 aliphatic heterocycles. The third-order valence-corrected chi connectivity index (χ3v) is 5.95. The summed E-state index contributed by atoms with van der Waals surface area (Å²) in [5.74, 6) is 2.12. The van der Waals surface area contributed by atoms with E-state index in [4.69, 9.17) is 25.4 Å². The second kappa shape index (κ2) is 12.1. The Labute approximate surface area is 196 Å². The molecule has 0 radical (unpaired) electrons. The van der Waals surface area contributed by atoms with E-state index in [1.807, 2.05) is 29.2 Å². The molecule has 0 spiro atoms. The molecule has 7 heteroatoms. The molecule has 1 atom stereocenters. The highest BCUT2D eigenvalue weighted by atomic mass is 16.5. The minimum absolute atomic E-state index is 0.0519. The number of piperidine rings is 1. The van der Waals surface area contributed by atoms with Gasteiger partial charge in [0.25, 0.3) is 5.91 Å². The van der Waals surface area contributed by atoms with Crippen LogP contribution in [0.4, 0.5) is 0 Å². The van der Waals surface area contributed by atoms with Gasteiger partial charge in [-0.05, 0) is 87.9 Å². The van der Waals surface area contributed by atoms with Crippen molar-refractivity contribution in [3.63, 3.8) is 0 Å². The van der Waals surface area contributed by atoms with Gasteiger partial charge in [-0.1, -0.05) is 0 Å². The molecule has 3 rings (SSSR count). The average Bonchev–Trinajstić information content (AvgIpc) is 2.83. The summed E-state index contributed by atoms with van der Waals surface area (Å²) in [6, 6.07) is 12.9. The first-order valence-electron chi connectivity index (χ1n) is 11.7. The van der Waals surface area contributed by atoms with Gasteiger partial charge in [-0.15, -0.1) is 0 Å². The predicted octanol–water partition coefficient (Wildman–Crippen LogP) is 4.62. The van der Waals surface area contributed by atoms with Gasteiger partial charge < -0.3 is 24.8 Å². The minimum Gasteiger partial charge on any atom is -0.494 e. The van der Waals surface area contributed by atoms with E-state index < -0.39 is 0 Å². The molecule has 1 heterocycles. The predicted molar refractivity (Wildman–Crippen MR) is 130 cm³/mol. The first kappa shape index (κ1) is 24.4. The van der Waals surface area contributed by atoms with Crippen LogP contribution in [0.15, 0.2) is 42.5 Å². The molecular weight excluding hydrogens is 418 g/mol. The van der Waals surface area contributed by atoms with Gasteiger partial charge in [-0.25, -0.2) is 0 Å². The third kappa shape index (κ3) is 6.88. The number of unbranched alkanes of at least 4 members (excludes halogenated alkanes) is 2. The van der Waals surface area contributed by atoms with Crippen molar-refractivity contribution in [2.75, 3.05) is 26.9 Å². The van der Waals surface area contributed by atoms with Gasteiger partial charge in [0.05, 0.1) is 20.3 Å². The molecule has 3 N–H and O–H groups in total. The molecule has 1 unspecified atom stereocenters. The third-order valence-electron chi connectivity index (χ3n) is 5.95. The Bertz CT molecular complexity index is 930. The summed E-state index contributed by atoms with van der Waals surface area (Å²) in [6.45, 7) is 4.11. The van der Waals surface area contributed by atoms with Crippen LogP contribution in [0.25, 0.3) is 0 Å². The highest BCUT2D eigenvalue weighted by Gasteiger charge is 2.25. The molecule has 0 aromatic heterocycles. The average molecular weight is 454 g/mol. The Morgan fingerprint density at radius 3 is 2.36 bits per heavy atom. The quantitative estimate of drug-likeness (QED) is 0.294. The van der Waals surface area contributed by atoms with Crippen LogP contribution in [0.5, 0.6) is 17.2 Å². The number of nitrogen functional groups attached to an aromatic ring is 1. The van der Waals surface area contributed by atoms with Crippen molar-refractivity contribution in [3.8, 4) is 17.2 Å². The highest BCUT2D eigenvalue weighted by molar-refractivity contribution is 5.95. The number of hydrogen-bond acceptors (Lipinski definition) is 5. The van der Waals surface area contributed by atoms with E-state index in [-0.39, 0.29) is 17.8 Å². The van der Waals surface area contributed by atoms with Gasteiger partial charge in [0.1, 0.15) is 11.6 Å². The Morgan fingerprint density at radius 2 is 1.70 bits per heavy atom. The number of likely N-dealkylation sites (tertiary alicyclic amines) is 1. The molecule has 0 saturated carbocycles. The maximum Gasteiger partial charge on any atom is 0.254 e. The SMILES string of the molecule is COc1cc(C(=O)N2CCCCC2C)ccc1OCCCCCOc1ccc(C(=N)N)cc1. The van der Waals surface area contributed by atoms with Crippen molar-refractivity contribution in [2.45, 2.75) is 51.5 Å². The van der Waals surface area contributed by atoms with Gasteiger partial charge in [0.15, 0.2) is 11.5 Å². The number of nitrogens with zero attached hydrogens (tertiary/aromatic N) is 1. The topological polar surface area (TPSA) is 97.9 Å². The van der Waals surface area contributed by atoms with E-state index in [9.17, 15) is 4.79 Å². The number of methoxy groups -OCH3 is 1. The molecule has 178 valence electrons. The first-order chi connectivity index (χ1) is 16.0. The summed E-state index contributed by atoms with van der Waals surface area (Å²) in [4.78, 5) is 14.9. The normalized spacial score (nSPS) is 15.7. The number of ether oxygens (including phenoxy) is 3. The Kier molecular flexibility index (Phi) is 8.98. The van der Waals surface area contributed by atoms with Crippen LogP contribution in [0.3, 0.4) is 0 Å². The van der Waals surface area contributed by atoms with Crippen LogP contribution in [0.1, 0.15) is 61.4 Å². The summed E-state index contributed by atoms with van der Waals surface area (Å²) in [6.07, 6.45) is 6.07. The van der Waals surface area contributed by atoms with Gasteiger partial charge in [-0.3, -0.25) is 10.2 Å². The van der Waals surface area contributed by atoms with E-state index >= 15 is 0 Å². The molecular formula is C26H35N3O4. The fourth-order valence-electron chi connectivity index (χ4n) is 3.97. The highest BCUT2D eigenvalue weighted by Crippen LogP contribution is 2.30. The number of carbonyl (C=O) groups excluding carboxylic acids is 1. The number of nitrogens with two attached hydrogens (primary N) is 1. The van der Waals surface area contributed by atoms with Gasteiger partial charge in [0.2, 0.25) is 0 Å². The Balaban J connectivity index is 1.40. The van der Waals surface area contributed by atoms with Gasteiger partial charge in [-0.2, -0.15) is 0 Å².